The monoisotopic (exact) mass is 345 g/mol. The maximum absolute atomic E-state index is 13.6. The average molecular weight is 345 g/mol. The number of aromatic amines is 1. The highest BCUT2D eigenvalue weighted by Gasteiger charge is 2.34. The number of nitrogens with one attached hydrogen (secondary N) is 2. The summed E-state index contributed by atoms with van der Waals surface area (Å²) in [6.07, 6.45) is -2.71. The maximum Gasteiger partial charge on any atom is 0.417 e. The van der Waals surface area contributed by atoms with Gasteiger partial charge in [-0.05, 0) is 34.7 Å². The lowest BCUT2D eigenvalue weighted by Crippen LogP contribution is -2.26. The summed E-state index contributed by atoms with van der Waals surface area (Å²) in [4.78, 5) is 3.03. The Morgan fingerprint density at radius 3 is 2.60 bits per heavy atom. The van der Waals surface area contributed by atoms with Gasteiger partial charge in [-0.25, -0.2) is 0 Å². The molecule has 1 aliphatic rings. The van der Waals surface area contributed by atoms with Crippen molar-refractivity contribution in [1.82, 2.24) is 10.4 Å². The van der Waals surface area contributed by atoms with Gasteiger partial charge in [-0.15, -0.1) is 0 Å². The molecular weight excluding hydrogens is 331 g/mol. The van der Waals surface area contributed by atoms with Gasteiger partial charge in [0.15, 0.2) is 0 Å². The largest absolute Gasteiger partial charge is 0.417 e. The molecule has 0 radical (unpaired) electrons. The minimum atomic E-state index is -4.47. The first-order valence-electron chi connectivity index (χ1n) is 7.69. The fraction of sp³-hybridized carbons (Fsp3) is 0.167. The van der Waals surface area contributed by atoms with Crippen LogP contribution in [0.2, 0.25) is 0 Å². The van der Waals surface area contributed by atoms with E-state index in [1.807, 2.05) is 6.07 Å². The number of fused-ring (bicyclic) bond motifs is 1. The lowest BCUT2D eigenvalue weighted by Gasteiger charge is -2.18. The first-order chi connectivity index (χ1) is 12.0. The minimum Gasteiger partial charge on any atom is -0.361 e. The molecule has 3 aromatic rings. The van der Waals surface area contributed by atoms with Gasteiger partial charge in [0.1, 0.15) is 6.73 Å². The summed E-state index contributed by atoms with van der Waals surface area (Å²) < 4.78 is 46.1. The fourth-order valence-electron chi connectivity index (χ4n) is 2.93. The van der Waals surface area contributed by atoms with E-state index in [1.54, 1.807) is 30.5 Å². The lowest BCUT2D eigenvalue weighted by molar-refractivity contribution is -0.137. The van der Waals surface area contributed by atoms with Crippen molar-refractivity contribution in [2.45, 2.75) is 6.18 Å². The van der Waals surface area contributed by atoms with Gasteiger partial charge in [-0.1, -0.05) is 24.3 Å². The van der Waals surface area contributed by atoms with Crippen LogP contribution < -0.4 is 5.43 Å². The van der Waals surface area contributed by atoms with E-state index in [2.05, 4.69) is 15.5 Å². The molecule has 0 atom stereocenters. The standard InChI is InChI=1S/C18H14F3N3O/c19-18(20,21)15-7-13(17-9-25-10-23-24-17)3-4-14(15)12-2-1-11-5-6-22-16(11)8-12/h1-8,22-23H,9-10H2. The van der Waals surface area contributed by atoms with E-state index in [1.165, 1.54) is 6.07 Å². The molecule has 4 rings (SSSR count). The van der Waals surface area contributed by atoms with Gasteiger partial charge in [0, 0.05) is 17.3 Å². The van der Waals surface area contributed by atoms with Crippen LogP contribution in [-0.4, -0.2) is 24.0 Å². The van der Waals surface area contributed by atoms with Crippen LogP contribution in [0.25, 0.3) is 22.0 Å². The van der Waals surface area contributed by atoms with Crippen LogP contribution in [0.4, 0.5) is 13.2 Å². The highest BCUT2D eigenvalue weighted by Crippen LogP contribution is 2.38. The summed E-state index contributed by atoms with van der Waals surface area (Å²) in [5, 5.41) is 4.98. The van der Waals surface area contributed by atoms with Gasteiger partial charge in [0.25, 0.3) is 0 Å². The SMILES string of the molecule is FC(F)(F)c1cc(C2=NNCOC2)ccc1-c1ccc2cc[nH]c2c1. The molecule has 4 nitrogen and oxygen atoms in total. The van der Waals surface area contributed by atoms with Crippen LogP contribution in [0, 0.1) is 0 Å². The molecule has 0 saturated heterocycles. The van der Waals surface area contributed by atoms with Gasteiger partial charge in [0.05, 0.1) is 17.9 Å². The van der Waals surface area contributed by atoms with Crippen molar-refractivity contribution in [2.24, 2.45) is 5.10 Å². The second-order valence-electron chi connectivity index (χ2n) is 5.75. The topological polar surface area (TPSA) is 49.4 Å². The van der Waals surface area contributed by atoms with Crippen molar-refractivity contribution in [3.8, 4) is 11.1 Å². The predicted molar refractivity (Wildman–Crippen MR) is 89.2 cm³/mol. The number of benzene rings is 2. The van der Waals surface area contributed by atoms with Gasteiger partial charge in [-0.2, -0.15) is 18.3 Å². The zero-order valence-electron chi connectivity index (χ0n) is 13.0. The molecule has 0 bridgehead atoms. The summed E-state index contributed by atoms with van der Waals surface area (Å²) >= 11 is 0. The minimum absolute atomic E-state index is 0.137. The summed E-state index contributed by atoms with van der Waals surface area (Å²) in [7, 11) is 0. The van der Waals surface area contributed by atoms with E-state index >= 15 is 0 Å². The highest BCUT2D eigenvalue weighted by molar-refractivity contribution is 6.02. The number of halogens is 3. The molecule has 1 aliphatic heterocycles. The number of H-pyrrole nitrogens is 1. The van der Waals surface area contributed by atoms with E-state index in [-0.39, 0.29) is 18.9 Å². The number of rotatable bonds is 2. The van der Waals surface area contributed by atoms with E-state index in [9.17, 15) is 13.2 Å². The molecule has 0 fully saturated rings. The van der Waals surface area contributed by atoms with Crippen LogP contribution in [0.3, 0.4) is 0 Å². The molecule has 7 heteroatoms. The summed E-state index contributed by atoms with van der Waals surface area (Å²) in [5.74, 6) is 0. The average Bonchev–Trinajstić information content (AvgIpc) is 3.09. The molecular formula is C18H14F3N3O. The molecule has 2 N–H and O–H groups in total. The normalized spacial score (nSPS) is 15.1. The molecule has 0 saturated carbocycles. The van der Waals surface area contributed by atoms with Gasteiger partial charge < -0.3 is 9.72 Å². The van der Waals surface area contributed by atoms with Crippen LogP contribution in [0.5, 0.6) is 0 Å². The van der Waals surface area contributed by atoms with Crippen molar-refractivity contribution in [2.75, 3.05) is 13.3 Å². The molecule has 1 aromatic heterocycles. The van der Waals surface area contributed by atoms with Crippen molar-refractivity contribution in [3.05, 3.63) is 59.8 Å². The second-order valence-corrected chi connectivity index (χ2v) is 5.75. The van der Waals surface area contributed by atoms with Gasteiger partial charge in [0.2, 0.25) is 0 Å². The van der Waals surface area contributed by atoms with Crippen LogP contribution in [0.15, 0.2) is 53.8 Å². The number of nitrogens with zero attached hydrogens (tertiary/aromatic N) is 1. The Bertz CT molecular complexity index is 960. The third-order valence-electron chi connectivity index (χ3n) is 4.14. The smallest absolute Gasteiger partial charge is 0.361 e. The third-order valence-corrected chi connectivity index (χ3v) is 4.14. The Kier molecular flexibility index (Phi) is 3.73. The number of hydrogen-bond donors (Lipinski definition) is 2. The maximum atomic E-state index is 13.6. The van der Waals surface area contributed by atoms with Crippen molar-refractivity contribution < 1.29 is 17.9 Å². The zero-order valence-corrected chi connectivity index (χ0v) is 13.0. The molecule has 2 heterocycles. The molecule has 2 aromatic carbocycles. The van der Waals surface area contributed by atoms with E-state index in [0.29, 0.717) is 16.8 Å². The summed E-state index contributed by atoms with van der Waals surface area (Å²) in [6, 6.07) is 11.4. The van der Waals surface area contributed by atoms with Gasteiger partial charge >= 0.3 is 6.18 Å². The van der Waals surface area contributed by atoms with Gasteiger partial charge in [-0.3, -0.25) is 5.43 Å². The molecule has 25 heavy (non-hydrogen) atoms. The van der Waals surface area contributed by atoms with E-state index in [4.69, 9.17) is 4.74 Å². The fourth-order valence-corrected chi connectivity index (χ4v) is 2.93. The first-order valence-corrected chi connectivity index (χ1v) is 7.69. The zero-order chi connectivity index (χ0) is 17.4. The third kappa shape index (κ3) is 2.98. The number of aromatic nitrogens is 1. The predicted octanol–water partition coefficient (Wildman–Crippen LogP) is 4.14. The summed E-state index contributed by atoms with van der Waals surface area (Å²) in [5.41, 5.74) is 4.23. The van der Waals surface area contributed by atoms with Crippen molar-refractivity contribution in [1.29, 1.82) is 0 Å². The Morgan fingerprint density at radius 1 is 1.00 bits per heavy atom. The van der Waals surface area contributed by atoms with Crippen LogP contribution in [-0.2, 0) is 10.9 Å². The lowest BCUT2D eigenvalue weighted by atomic mass is 9.95. The Balaban J connectivity index is 1.85. The van der Waals surface area contributed by atoms with E-state index < -0.39 is 11.7 Å². The van der Waals surface area contributed by atoms with Crippen molar-refractivity contribution >= 4 is 16.6 Å². The Morgan fingerprint density at radius 2 is 1.84 bits per heavy atom. The van der Waals surface area contributed by atoms with Crippen molar-refractivity contribution in [3.63, 3.8) is 0 Å². The molecule has 0 spiro atoms. The number of alkyl halides is 3. The Hall–Kier alpha value is -2.80. The first kappa shape index (κ1) is 15.7. The molecule has 0 aliphatic carbocycles. The molecule has 0 amide bonds. The number of hydrogen-bond acceptors (Lipinski definition) is 3. The molecule has 0 unspecified atom stereocenters. The second kappa shape index (κ2) is 5.93. The Labute approximate surface area is 141 Å². The quantitative estimate of drug-likeness (QED) is 0.734. The number of ether oxygens (including phenoxy) is 1. The summed E-state index contributed by atoms with van der Waals surface area (Å²) in [6.45, 7) is 0.432. The molecule has 128 valence electrons. The van der Waals surface area contributed by atoms with E-state index in [0.717, 1.165) is 17.0 Å². The van der Waals surface area contributed by atoms with Crippen LogP contribution >= 0.6 is 0 Å². The number of hydrazone groups is 1. The highest BCUT2D eigenvalue weighted by atomic mass is 19.4. The van der Waals surface area contributed by atoms with Crippen LogP contribution in [0.1, 0.15) is 11.1 Å².